The molecule has 0 atom stereocenters. The first-order valence-electron chi connectivity index (χ1n) is 9.78. The van der Waals surface area contributed by atoms with Gasteiger partial charge in [-0.1, -0.05) is 29.8 Å². The summed E-state index contributed by atoms with van der Waals surface area (Å²) in [4.78, 5) is 4.90. The van der Waals surface area contributed by atoms with Crippen LogP contribution < -0.4 is 0 Å². The lowest BCUT2D eigenvalue weighted by Gasteiger charge is -2.26. The first kappa shape index (κ1) is 21.1. The standard InChI is InChI=1S/C22H24N2O4S2/c1-17-5-7-19(8-6-17)22-23-20(14-28-22)16-29-15-18-3-2-4-21(13-18)30(25,26)24-9-11-27-12-10-24/h2-8,13-14H,9-12,15-16H2,1H3. The summed E-state index contributed by atoms with van der Waals surface area (Å²) in [7, 11) is -3.48. The van der Waals surface area contributed by atoms with Crippen LogP contribution in [0, 0.1) is 6.92 Å². The molecule has 0 N–H and O–H groups in total. The van der Waals surface area contributed by atoms with Crippen molar-refractivity contribution in [2.24, 2.45) is 0 Å². The second kappa shape index (κ2) is 9.34. The molecule has 0 unspecified atom stereocenters. The highest BCUT2D eigenvalue weighted by Gasteiger charge is 2.26. The van der Waals surface area contributed by atoms with E-state index in [2.05, 4.69) is 4.98 Å². The van der Waals surface area contributed by atoms with E-state index in [1.54, 1.807) is 36.2 Å². The minimum atomic E-state index is -3.48. The topological polar surface area (TPSA) is 72.6 Å². The quantitative estimate of drug-likeness (QED) is 0.546. The van der Waals surface area contributed by atoms with Crippen molar-refractivity contribution < 1.29 is 17.6 Å². The van der Waals surface area contributed by atoms with Gasteiger partial charge >= 0.3 is 0 Å². The number of aryl methyl sites for hydroxylation is 1. The average Bonchev–Trinajstić information content (AvgIpc) is 3.24. The van der Waals surface area contributed by atoms with Crippen LogP contribution in [-0.2, 0) is 26.3 Å². The molecule has 0 saturated carbocycles. The van der Waals surface area contributed by atoms with Gasteiger partial charge in [-0.05, 0) is 36.8 Å². The maximum absolute atomic E-state index is 12.8. The average molecular weight is 445 g/mol. The van der Waals surface area contributed by atoms with Crippen molar-refractivity contribution in [1.82, 2.24) is 9.29 Å². The smallest absolute Gasteiger partial charge is 0.243 e. The first-order valence-corrected chi connectivity index (χ1v) is 12.4. The fourth-order valence-corrected chi connectivity index (χ4v) is 5.55. The lowest BCUT2D eigenvalue weighted by molar-refractivity contribution is 0.0730. The van der Waals surface area contributed by atoms with Crippen LogP contribution in [0.1, 0.15) is 16.8 Å². The van der Waals surface area contributed by atoms with E-state index in [1.807, 2.05) is 37.3 Å². The van der Waals surface area contributed by atoms with Crippen LogP contribution in [0.15, 0.2) is 64.1 Å². The van der Waals surface area contributed by atoms with Crippen LogP contribution in [0.25, 0.3) is 11.5 Å². The fourth-order valence-electron chi connectivity index (χ4n) is 3.21. The third kappa shape index (κ3) is 4.95. The second-order valence-corrected chi connectivity index (χ2v) is 10.1. The minimum absolute atomic E-state index is 0.339. The third-order valence-corrected chi connectivity index (χ3v) is 7.81. The Balaban J connectivity index is 1.37. The van der Waals surface area contributed by atoms with Gasteiger partial charge in [0.1, 0.15) is 6.26 Å². The fraction of sp³-hybridized carbons (Fsp3) is 0.318. The molecule has 1 aromatic heterocycles. The van der Waals surface area contributed by atoms with Gasteiger partial charge < -0.3 is 9.15 Å². The molecule has 0 amide bonds. The summed E-state index contributed by atoms with van der Waals surface area (Å²) >= 11 is 1.67. The normalized spacial score (nSPS) is 15.4. The largest absolute Gasteiger partial charge is 0.444 e. The van der Waals surface area contributed by atoms with Gasteiger partial charge in [0.2, 0.25) is 15.9 Å². The van der Waals surface area contributed by atoms with Crippen LogP contribution in [0.2, 0.25) is 0 Å². The van der Waals surface area contributed by atoms with Crippen LogP contribution in [0.5, 0.6) is 0 Å². The van der Waals surface area contributed by atoms with Crippen LogP contribution >= 0.6 is 11.8 Å². The number of ether oxygens (including phenoxy) is 1. The van der Waals surface area contributed by atoms with E-state index in [4.69, 9.17) is 9.15 Å². The number of hydrogen-bond donors (Lipinski definition) is 0. The minimum Gasteiger partial charge on any atom is -0.444 e. The Kier molecular flexibility index (Phi) is 6.58. The summed E-state index contributed by atoms with van der Waals surface area (Å²) in [5.74, 6) is 2.00. The maximum atomic E-state index is 12.8. The second-order valence-electron chi connectivity index (χ2n) is 7.17. The number of nitrogens with zero attached hydrogens (tertiary/aromatic N) is 2. The number of morpholine rings is 1. The van der Waals surface area contributed by atoms with Crippen molar-refractivity contribution in [3.8, 4) is 11.5 Å². The van der Waals surface area contributed by atoms with Gasteiger partial charge in [0, 0.05) is 30.2 Å². The molecule has 30 heavy (non-hydrogen) atoms. The van der Waals surface area contributed by atoms with Crippen molar-refractivity contribution in [2.45, 2.75) is 23.3 Å². The Hall–Kier alpha value is -2.13. The molecule has 8 heteroatoms. The highest BCUT2D eigenvalue weighted by molar-refractivity contribution is 7.97. The molecule has 0 radical (unpaired) electrons. The predicted molar refractivity (Wildman–Crippen MR) is 118 cm³/mol. The zero-order valence-corrected chi connectivity index (χ0v) is 18.4. The number of sulfonamides is 1. The van der Waals surface area contributed by atoms with Crippen molar-refractivity contribution in [1.29, 1.82) is 0 Å². The molecule has 1 saturated heterocycles. The molecule has 0 spiro atoms. The molecule has 6 nitrogen and oxygen atoms in total. The van der Waals surface area contributed by atoms with E-state index in [9.17, 15) is 8.42 Å². The molecule has 0 bridgehead atoms. The van der Waals surface area contributed by atoms with E-state index in [1.165, 1.54) is 9.87 Å². The SMILES string of the molecule is Cc1ccc(-c2nc(CSCc3cccc(S(=O)(=O)N4CCOCC4)c3)co2)cc1. The summed E-state index contributed by atoms with van der Waals surface area (Å²) in [5.41, 5.74) is 3.99. The van der Waals surface area contributed by atoms with Gasteiger partial charge in [0.25, 0.3) is 0 Å². The summed E-state index contributed by atoms with van der Waals surface area (Å²) in [6.45, 7) is 3.73. The Labute approximate surface area is 181 Å². The van der Waals surface area contributed by atoms with Gasteiger partial charge in [-0.2, -0.15) is 16.1 Å². The lowest BCUT2D eigenvalue weighted by Crippen LogP contribution is -2.40. The van der Waals surface area contributed by atoms with Gasteiger partial charge in [-0.3, -0.25) is 0 Å². The molecule has 1 aliphatic heterocycles. The van der Waals surface area contributed by atoms with E-state index >= 15 is 0 Å². The van der Waals surface area contributed by atoms with E-state index in [0.717, 1.165) is 16.8 Å². The van der Waals surface area contributed by atoms with Crippen molar-refractivity contribution in [2.75, 3.05) is 26.3 Å². The summed E-state index contributed by atoms with van der Waals surface area (Å²) in [6.07, 6.45) is 1.68. The molecule has 0 aliphatic carbocycles. The molecule has 1 aliphatic rings. The third-order valence-electron chi connectivity index (χ3n) is 4.88. The van der Waals surface area contributed by atoms with Crippen LogP contribution in [0.3, 0.4) is 0 Å². The number of hydrogen-bond acceptors (Lipinski definition) is 6. The Morgan fingerprint density at radius 2 is 1.83 bits per heavy atom. The summed E-state index contributed by atoms with van der Waals surface area (Å²) in [6, 6.07) is 15.2. The number of oxazole rings is 1. The van der Waals surface area contributed by atoms with Crippen molar-refractivity contribution in [3.05, 3.63) is 71.6 Å². The molecule has 1 fully saturated rings. The Morgan fingerprint density at radius 1 is 1.07 bits per heavy atom. The zero-order valence-electron chi connectivity index (χ0n) is 16.8. The Bertz CT molecular complexity index is 1090. The van der Waals surface area contributed by atoms with Gasteiger partial charge in [0.05, 0.1) is 23.8 Å². The van der Waals surface area contributed by atoms with Gasteiger partial charge in [-0.25, -0.2) is 13.4 Å². The van der Waals surface area contributed by atoms with Crippen LogP contribution in [0.4, 0.5) is 0 Å². The number of rotatable bonds is 7. The van der Waals surface area contributed by atoms with E-state index in [0.29, 0.717) is 48.6 Å². The summed E-state index contributed by atoms with van der Waals surface area (Å²) in [5, 5.41) is 0. The number of benzene rings is 2. The van der Waals surface area contributed by atoms with Gasteiger partial charge in [0.15, 0.2) is 0 Å². The predicted octanol–water partition coefficient (Wildman–Crippen LogP) is 4.10. The first-order chi connectivity index (χ1) is 14.5. The molecular formula is C22H24N2O4S2. The molecule has 158 valence electrons. The monoisotopic (exact) mass is 444 g/mol. The van der Waals surface area contributed by atoms with Crippen molar-refractivity contribution in [3.63, 3.8) is 0 Å². The van der Waals surface area contributed by atoms with Crippen molar-refractivity contribution >= 4 is 21.8 Å². The van der Waals surface area contributed by atoms with E-state index < -0.39 is 10.0 Å². The lowest BCUT2D eigenvalue weighted by atomic mass is 10.1. The maximum Gasteiger partial charge on any atom is 0.243 e. The zero-order chi connectivity index (χ0) is 21.0. The highest BCUT2D eigenvalue weighted by atomic mass is 32.2. The highest BCUT2D eigenvalue weighted by Crippen LogP contribution is 2.24. The Morgan fingerprint density at radius 3 is 2.60 bits per heavy atom. The molecule has 4 rings (SSSR count). The number of aromatic nitrogens is 1. The number of thioether (sulfide) groups is 1. The molecule has 2 aromatic carbocycles. The molecule has 2 heterocycles. The molecule has 3 aromatic rings. The molecular weight excluding hydrogens is 420 g/mol. The summed E-state index contributed by atoms with van der Waals surface area (Å²) < 4.78 is 38.0. The van der Waals surface area contributed by atoms with Gasteiger partial charge in [-0.15, -0.1) is 0 Å². The van der Waals surface area contributed by atoms with E-state index in [-0.39, 0.29) is 0 Å². The van der Waals surface area contributed by atoms with Crippen LogP contribution in [-0.4, -0.2) is 44.0 Å².